The number of ether oxygens (including phenoxy) is 3. The molecule has 0 bridgehead atoms. The van der Waals surface area contributed by atoms with Gasteiger partial charge >= 0.3 is 0 Å². The van der Waals surface area contributed by atoms with E-state index in [1.54, 1.807) is 0 Å². The topological polar surface area (TPSA) is 27.7 Å². The van der Waals surface area contributed by atoms with Crippen LogP contribution in [0.15, 0.2) is 25.3 Å². The van der Waals surface area contributed by atoms with Gasteiger partial charge in [-0.15, -0.1) is 13.2 Å². The molecule has 0 unspecified atom stereocenters. The Morgan fingerprint density at radius 3 is 2.05 bits per heavy atom. The van der Waals surface area contributed by atoms with Gasteiger partial charge in [0.05, 0.1) is 19.8 Å². The highest BCUT2D eigenvalue weighted by Crippen LogP contribution is 2.40. The van der Waals surface area contributed by atoms with Crippen molar-refractivity contribution in [2.75, 3.05) is 19.8 Å². The predicted octanol–water partition coefficient (Wildman–Crippen LogP) is 4.44. The summed E-state index contributed by atoms with van der Waals surface area (Å²) < 4.78 is 17.8. The Bertz CT molecular complexity index is 281. The molecule has 1 aliphatic rings. The van der Waals surface area contributed by atoms with Gasteiger partial charge in [-0.05, 0) is 37.5 Å². The van der Waals surface area contributed by atoms with Crippen molar-refractivity contribution in [3.8, 4) is 0 Å². The Labute approximate surface area is 124 Å². The molecule has 0 N–H and O–H groups in total. The fraction of sp³-hybridized carbons (Fsp3) is 0.765. The van der Waals surface area contributed by atoms with Crippen molar-refractivity contribution in [2.24, 2.45) is 5.41 Å². The van der Waals surface area contributed by atoms with Crippen LogP contribution in [0.3, 0.4) is 0 Å². The van der Waals surface area contributed by atoms with Gasteiger partial charge in [0.15, 0.2) is 0 Å². The molecule has 3 nitrogen and oxygen atoms in total. The van der Waals surface area contributed by atoms with Crippen LogP contribution in [0.5, 0.6) is 0 Å². The van der Waals surface area contributed by atoms with Crippen molar-refractivity contribution >= 4 is 0 Å². The fourth-order valence-electron chi connectivity index (χ4n) is 2.35. The van der Waals surface area contributed by atoms with Gasteiger partial charge in [0.2, 0.25) is 0 Å². The van der Waals surface area contributed by atoms with Gasteiger partial charge in [-0.1, -0.05) is 26.0 Å². The number of unbranched alkanes of at least 4 members (excludes halogenated alkanes) is 2. The lowest BCUT2D eigenvalue weighted by molar-refractivity contribution is -0.405. The summed E-state index contributed by atoms with van der Waals surface area (Å²) >= 11 is 0. The van der Waals surface area contributed by atoms with Gasteiger partial charge in [-0.25, -0.2) is 0 Å². The van der Waals surface area contributed by atoms with E-state index < -0.39 is 5.97 Å². The summed E-state index contributed by atoms with van der Waals surface area (Å²) in [6.07, 6.45) is 9.45. The molecule has 20 heavy (non-hydrogen) atoms. The molecular weight excluding hydrogens is 252 g/mol. The van der Waals surface area contributed by atoms with Crippen LogP contribution in [0.2, 0.25) is 0 Å². The predicted molar refractivity (Wildman–Crippen MR) is 82.5 cm³/mol. The smallest absolute Gasteiger partial charge is 0.283 e. The standard InChI is InChI=1S/C17H30O3/c1-5-7-9-12-18-17(19-13-10-8-6-2)15-16(3,4)11-14-20-17/h5-6H,1-2,7-15H2,3-4H3. The van der Waals surface area contributed by atoms with Crippen LogP contribution in [0, 0.1) is 5.41 Å². The van der Waals surface area contributed by atoms with Gasteiger partial charge in [0, 0.05) is 6.42 Å². The summed E-state index contributed by atoms with van der Waals surface area (Å²) in [5.41, 5.74) is 0.190. The fourth-order valence-corrected chi connectivity index (χ4v) is 2.35. The number of rotatable bonds is 10. The first kappa shape index (κ1) is 17.4. The maximum absolute atomic E-state index is 5.97. The highest BCUT2D eigenvalue weighted by Gasteiger charge is 2.43. The monoisotopic (exact) mass is 282 g/mol. The maximum Gasteiger partial charge on any atom is 0.283 e. The third-order valence-corrected chi connectivity index (χ3v) is 3.54. The summed E-state index contributed by atoms with van der Waals surface area (Å²) in [6, 6.07) is 0. The highest BCUT2D eigenvalue weighted by molar-refractivity contribution is 4.80. The summed E-state index contributed by atoms with van der Waals surface area (Å²) in [7, 11) is 0. The number of hydrogen-bond acceptors (Lipinski definition) is 3. The molecule has 1 rings (SSSR count). The Morgan fingerprint density at radius 1 is 1.05 bits per heavy atom. The molecule has 0 aromatic heterocycles. The van der Waals surface area contributed by atoms with Gasteiger partial charge in [0.1, 0.15) is 0 Å². The lowest BCUT2D eigenvalue weighted by Crippen LogP contribution is -2.48. The molecule has 1 heterocycles. The van der Waals surface area contributed by atoms with Crippen molar-refractivity contribution in [3.05, 3.63) is 25.3 Å². The molecule has 3 heteroatoms. The van der Waals surface area contributed by atoms with E-state index in [2.05, 4.69) is 27.0 Å². The quantitative estimate of drug-likeness (QED) is 0.337. The molecule has 0 aromatic carbocycles. The maximum atomic E-state index is 5.97. The van der Waals surface area contributed by atoms with Gasteiger partial charge in [-0.2, -0.15) is 0 Å². The molecule has 0 amide bonds. The largest absolute Gasteiger partial charge is 0.327 e. The third kappa shape index (κ3) is 6.21. The van der Waals surface area contributed by atoms with Gasteiger partial charge < -0.3 is 14.2 Å². The SMILES string of the molecule is C=CCCCOC1(OCCCC=C)CC(C)(C)CCO1. The van der Waals surface area contributed by atoms with E-state index in [1.807, 2.05) is 12.2 Å². The Balaban J connectivity index is 2.52. The van der Waals surface area contributed by atoms with Crippen LogP contribution in [0.25, 0.3) is 0 Å². The molecule has 0 radical (unpaired) electrons. The third-order valence-electron chi connectivity index (χ3n) is 3.54. The second-order valence-electron chi connectivity index (χ2n) is 6.18. The molecule has 0 aliphatic carbocycles. The van der Waals surface area contributed by atoms with Crippen molar-refractivity contribution in [2.45, 2.75) is 58.3 Å². The average molecular weight is 282 g/mol. The van der Waals surface area contributed by atoms with Crippen molar-refractivity contribution < 1.29 is 14.2 Å². The molecule has 1 aliphatic heterocycles. The van der Waals surface area contributed by atoms with Crippen LogP contribution in [-0.4, -0.2) is 25.8 Å². The molecule has 0 spiro atoms. The first-order chi connectivity index (χ1) is 9.54. The van der Waals surface area contributed by atoms with Crippen LogP contribution in [-0.2, 0) is 14.2 Å². The molecule has 116 valence electrons. The van der Waals surface area contributed by atoms with E-state index in [0.29, 0.717) is 19.8 Å². The van der Waals surface area contributed by atoms with Crippen LogP contribution in [0.1, 0.15) is 52.4 Å². The zero-order chi connectivity index (χ0) is 14.9. The van der Waals surface area contributed by atoms with Gasteiger partial charge in [0.25, 0.3) is 5.97 Å². The zero-order valence-electron chi connectivity index (χ0n) is 13.2. The molecule has 1 saturated heterocycles. The highest BCUT2D eigenvalue weighted by atomic mass is 16.9. The first-order valence-electron chi connectivity index (χ1n) is 7.67. The minimum Gasteiger partial charge on any atom is -0.327 e. The molecular formula is C17H30O3. The summed E-state index contributed by atoms with van der Waals surface area (Å²) in [6.45, 7) is 13.9. The van der Waals surface area contributed by atoms with Crippen molar-refractivity contribution in [3.63, 3.8) is 0 Å². The molecule has 0 saturated carbocycles. The minimum absolute atomic E-state index is 0.190. The summed E-state index contributed by atoms with van der Waals surface area (Å²) in [5.74, 6) is -0.857. The van der Waals surface area contributed by atoms with Crippen molar-refractivity contribution in [1.82, 2.24) is 0 Å². The van der Waals surface area contributed by atoms with E-state index >= 15 is 0 Å². The van der Waals surface area contributed by atoms with Crippen LogP contribution < -0.4 is 0 Å². The molecule has 0 aromatic rings. The lowest BCUT2D eigenvalue weighted by atomic mass is 9.83. The number of hydrogen-bond donors (Lipinski definition) is 0. The Morgan fingerprint density at radius 2 is 1.60 bits per heavy atom. The number of allylic oxidation sites excluding steroid dienone is 2. The Kier molecular flexibility index (Phi) is 7.49. The van der Waals surface area contributed by atoms with Crippen LogP contribution in [0.4, 0.5) is 0 Å². The van der Waals surface area contributed by atoms with Crippen molar-refractivity contribution in [1.29, 1.82) is 0 Å². The molecule has 0 atom stereocenters. The molecule has 1 fully saturated rings. The lowest BCUT2D eigenvalue weighted by Gasteiger charge is -2.43. The second kappa shape index (κ2) is 8.60. The summed E-state index contributed by atoms with van der Waals surface area (Å²) in [4.78, 5) is 0. The summed E-state index contributed by atoms with van der Waals surface area (Å²) in [5, 5.41) is 0. The van der Waals surface area contributed by atoms with E-state index in [0.717, 1.165) is 38.5 Å². The van der Waals surface area contributed by atoms with Gasteiger partial charge in [-0.3, -0.25) is 0 Å². The Hall–Kier alpha value is -0.640. The second-order valence-corrected chi connectivity index (χ2v) is 6.18. The van der Waals surface area contributed by atoms with Crippen LogP contribution >= 0.6 is 0 Å². The average Bonchev–Trinajstić information content (AvgIpc) is 2.39. The zero-order valence-corrected chi connectivity index (χ0v) is 13.2. The first-order valence-corrected chi connectivity index (χ1v) is 7.67. The van der Waals surface area contributed by atoms with E-state index in [1.165, 1.54) is 0 Å². The van der Waals surface area contributed by atoms with E-state index in [4.69, 9.17) is 14.2 Å². The normalized spacial score (nSPS) is 20.5. The minimum atomic E-state index is -0.857. The van der Waals surface area contributed by atoms with E-state index in [9.17, 15) is 0 Å². The van der Waals surface area contributed by atoms with E-state index in [-0.39, 0.29) is 5.41 Å².